The molecule has 2 heteroatoms. The van der Waals surface area contributed by atoms with Crippen molar-refractivity contribution in [3.05, 3.63) is 35.9 Å². The van der Waals surface area contributed by atoms with E-state index in [0.29, 0.717) is 18.2 Å². The number of rotatable bonds is 5. The summed E-state index contributed by atoms with van der Waals surface area (Å²) in [4.78, 5) is 0. The van der Waals surface area contributed by atoms with Crippen molar-refractivity contribution in [1.82, 2.24) is 5.32 Å². The lowest BCUT2D eigenvalue weighted by Gasteiger charge is -2.34. The molecule has 0 aliphatic heterocycles. The van der Waals surface area contributed by atoms with Gasteiger partial charge in [-0.15, -0.1) is 0 Å². The Hall–Kier alpha value is -0.860. The minimum absolute atomic E-state index is 0.398. The molecule has 0 spiro atoms. The molecule has 0 saturated heterocycles. The summed E-state index contributed by atoms with van der Waals surface area (Å²) in [6.45, 7) is 5.15. The maximum Gasteiger partial charge on any atom is 0.0728 e. The standard InChI is InChI=1S/C16H25NO/c1-3-18-16-12-8-7-11-15(16)17-13(2)14-9-5-4-6-10-14/h4-6,9-10,13,15-17H,3,7-8,11-12H2,1-2H3/t13-,15-,16+/m1/s1. The molecule has 0 unspecified atom stereocenters. The number of hydrogen-bond acceptors (Lipinski definition) is 2. The molecule has 1 aliphatic carbocycles. The van der Waals surface area contributed by atoms with Crippen molar-refractivity contribution < 1.29 is 4.74 Å². The first kappa shape index (κ1) is 13.6. The molecule has 1 aromatic rings. The Kier molecular flexibility index (Phi) is 5.21. The molecule has 3 atom stereocenters. The molecule has 0 aromatic heterocycles. The van der Waals surface area contributed by atoms with Crippen LogP contribution >= 0.6 is 0 Å². The zero-order valence-electron chi connectivity index (χ0n) is 11.6. The second kappa shape index (κ2) is 6.91. The molecule has 0 bridgehead atoms. The molecule has 2 rings (SSSR count). The van der Waals surface area contributed by atoms with Crippen LogP contribution in [0, 0.1) is 0 Å². The first-order valence-corrected chi connectivity index (χ1v) is 7.24. The number of nitrogens with one attached hydrogen (secondary N) is 1. The highest BCUT2D eigenvalue weighted by Gasteiger charge is 2.26. The SMILES string of the molecule is CCO[C@H]1CCCC[C@H]1N[C@H](C)c1ccccc1. The van der Waals surface area contributed by atoms with Gasteiger partial charge < -0.3 is 10.1 Å². The maximum absolute atomic E-state index is 5.87. The normalized spacial score (nSPS) is 25.9. The second-order valence-corrected chi connectivity index (χ2v) is 5.18. The smallest absolute Gasteiger partial charge is 0.0728 e. The minimum atomic E-state index is 0.398. The number of hydrogen-bond donors (Lipinski definition) is 1. The lowest BCUT2D eigenvalue weighted by Crippen LogP contribution is -2.44. The highest BCUT2D eigenvalue weighted by atomic mass is 16.5. The average Bonchev–Trinajstić information content (AvgIpc) is 2.42. The van der Waals surface area contributed by atoms with E-state index in [4.69, 9.17) is 4.74 Å². The molecule has 1 aliphatic rings. The summed E-state index contributed by atoms with van der Waals surface area (Å²) in [6, 6.07) is 11.6. The molecule has 1 fully saturated rings. The Bertz CT molecular complexity index is 336. The Balaban J connectivity index is 1.94. The van der Waals surface area contributed by atoms with Crippen LogP contribution in [0.15, 0.2) is 30.3 Å². The van der Waals surface area contributed by atoms with Crippen LogP contribution in [0.5, 0.6) is 0 Å². The molecule has 0 heterocycles. The molecule has 0 radical (unpaired) electrons. The largest absolute Gasteiger partial charge is 0.377 e. The summed E-state index contributed by atoms with van der Waals surface area (Å²) in [6.07, 6.45) is 5.47. The van der Waals surface area contributed by atoms with E-state index in [1.165, 1.54) is 31.2 Å². The Morgan fingerprint density at radius 2 is 1.94 bits per heavy atom. The predicted molar refractivity (Wildman–Crippen MR) is 75.7 cm³/mol. The summed E-state index contributed by atoms with van der Waals surface area (Å²) in [5, 5.41) is 3.74. The van der Waals surface area contributed by atoms with Crippen molar-refractivity contribution in [1.29, 1.82) is 0 Å². The fraction of sp³-hybridized carbons (Fsp3) is 0.625. The lowest BCUT2D eigenvalue weighted by molar-refractivity contribution is 0.00950. The molecular weight excluding hydrogens is 222 g/mol. The van der Waals surface area contributed by atoms with Crippen LogP contribution in [0.4, 0.5) is 0 Å². The van der Waals surface area contributed by atoms with Crippen LogP contribution < -0.4 is 5.32 Å². The summed E-state index contributed by atoms with van der Waals surface area (Å²) in [5.41, 5.74) is 1.36. The highest BCUT2D eigenvalue weighted by Crippen LogP contribution is 2.24. The molecule has 0 amide bonds. The number of ether oxygens (including phenoxy) is 1. The zero-order valence-corrected chi connectivity index (χ0v) is 11.6. The van der Waals surface area contributed by atoms with E-state index in [9.17, 15) is 0 Å². The van der Waals surface area contributed by atoms with Crippen LogP contribution in [0.3, 0.4) is 0 Å². The van der Waals surface area contributed by atoms with E-state index >= 15 is 0 Å². The van der Waals surface area contributed by atoms with Gasteiger partial charge in [-0.1, -0.05) is 43.2 Å². The Labute approximate surface area is 111 Å². The fourth-order valence-corrected chi connectivity index (χ4v) is 2.86. The summed E-state index contributed by atoms with van der Waals surface area (Å²) in [7, 11) is 0. The average molecular weight is 247 g/mol. The summed E-state index contributed by atoms with van der Waals surface area (Å²) < 4.78 is 5.87. The number of benzene rings is 1. The van der Waals surface area contributed by atoms with Gasteiger partial charge in [-0.05, 0) is 32.3 Å². The monoisotopic (exact) mass is 247 g/mol. The van der Waals surface area contributed by atoms with Crippen molar-refractivity contribution in [2.75, 3.05) is 6.61 Å². The van der Waals surface area contributed by atoms with E-state index in [2.05, 4.69) is 49.5 Å². The lowest BCUT2D eigenvalue weighted by atomic mass is 9.91. The van der Waals surface area contributed by atoms with Gasteiger partial charge in [0.15, 0.2) is 0 Å². The van der Waals surface area contributed by atoms with Gasteiger partial charge >= 0.3 is 0 Å². The Morgan fingerprint density at radius 1 is 1.22 bits per heavy atom. The molecule has 1 aromatic carbocycles. The maximum atomic E-state index is 5.87. The van der Waals surface area contributed by atoms with Crippen LogP contribution in [0.2, 0.25) is 0 Å². The van der Waals surface area contributed by atoms with Crippen molar-refractivity contribution in [3.8, 4) is 0 Å². The predicted octanol–water partition coefficient (Wildman–Crippen LogP) is 3.68. The van der Waals surface area contributed by atoms with E-state index < -0.39 is 0 Å². The molecular formula is C16H25NO. The zero-order chi connectivity index (χ0) is 12.8. The first-order valence-electron chi connectivity index (χ1n) is 7.24. The molecule has 1 N–H and O–H groups in total. The van der Waals surface area contributed by atoms with Gasteiger partial charge in [0.1, 0.15) is 0 Å². The minimum Gasteiger partial charge on any atom is -0.377 e. The summed E-state index contributed by atoms with van der Waals surface area (Å²) in [5.74, 6) is 0. The van der Waals surface area contributed by atoms with Gasteiger partial charge in [0.25, 0.3) is 0 Å². The van der Waals surface area contributed by atoms with E-state index in [1.807, 2.05) is 0 Å². The first-order chi connectivity index (χ1) is 8.81. The van der Waals surface area contributed by atoms with Gasteiger partial charge in [0, 0.05) is 18.7 Å². The highest BCUT2D eigenvalue weighted by molar-refractivity contribution is 5.18. The third kappa shape index (κ3) is 3.56. The van der Waals surface area contributed by atoms with Gasteiger partial charge in [-0.25, -0.2) is 0 Å². The summed E-state index contributed by atoms with van der Waals surface area (Å²) >= 11 is 0. The Morgan fingerprint density at radius 3 is 2.67 bits per heavy atom. The third-order valence-electron chi connectivity index (χ3n) is 3.85. The molecule has 18 heavy (non-hydrogen) atoms. The van der Waals surface area contributed by atoms with Gasteiger partial charge in [-0.2, -0.15) is 0 Å². The van der Waals surface area contributed by atoms with Gasteiger partial charge in [0.05, 0.1) is 6.10 Å². The van der Waals surface area contributed by atoms with Crippen LogP contribution in [0.25, 0.3) is 0 Å². The quantitative estimate of drug-likeness (QED) is 0.857. The van der Waals surface area contributed by atoms with Gasteiger partial charge in [0.2, 0.25) is 0 Å². The van der Waals surface area contributed by atoms with E-state index in [0.717, 1.165) is 6.61 Å². The van der Waals surface area contributed by atoms with Gasteiger partial charge in [-0.3, -0.25) is 0 Å². The van der Waals surface area contributed by atoms with Crippen LogP contribution in [0.1, 0.15) is 51.1 Å². The van der Waals surface area contributed by atoms with Crippen LogP contribution in [-0.4, -0.2) is 18.8 Å². The van der Waals surface area contributed by atoms with Crippen LogP contribution in [-0.2, 0) is 4.74 Å². The molecule has 1 saturated carbocycles. The van der Waals surface area contributed by atoms with E-state index in [-0.39, 0.29) is 0 Å². The van der Waals surface area contributed by atoms with Crippen molar-refractivity contribution in [3.63, 3.8) is 0 Å². The fourth-order valence-electron chi connectivity index (χ4n) is 2.86. The molecule has 2 nitrogen and oxygen atoms in total. The topological polar surface area (TPSA) is 21.3 Å². The third-order valence-corrected chi connectivity index (χ3v) is 3.85. The molecule has 100 valence electrons. The van der Waals surface area contributed by atoms with Crippen molar-refractivity contribution in [2.45, 2.75) is 57.7 Å². The van der Waals surface area contributed by atoms with Crippen molar-refractivity contribution >= 4 is 0 Å². The van der Waals surface area contributed by atoms with Crippen molar-refractivity contribution in [2.24, 2.45) is 0 Å². The van der Waals surface area contributed by atoms with E-state index in [1.54, 1.807) is 0 Å². The second-order valence-electron chi connectivity index (χ2n) is 5.18.